The van der Waals surface area contributed by atoms with Crippen molar-refractivity contribution in [2.45, 2.75) is 20.4 Å². The van der Waals surface area contributed by atoms with Gasteiger partial charge in [-0.15, -0.1) is 0 Å². The molecular weight excluding hydrogens is 261 g/mol. The van der Waals surface area contributed by atoms with E-state index in [-0.39, 0.29) is 5.82 Å². The average molecular weight is 278 g/mol. The molecule has 0 saturated carbocycles. The molecule has 0 aliphatic rings. The van der Waals surface area contributed by atoms with E-state index in [0.29, 0.717) is 5.02 Å². The fraction of sp³-hybridized carbons (Fsp3) is 0.250. The Balaban J connectivity index is 2.46. The summed E-state index contributed by atoms with van der Waals surface area (Å²) in [6.45, 7) is 5.60. The summed E-state index contributed by atoms with van der Waals surface area (Å²) in [6.07, 6.45) is 0. The summed E-state index contributed by atoms with van der Waals surface area (Å²) >= 11 is 6.15. The largest absolute Gasteiger partial charge is 0.313 e. The van der Waals surface area contributed by atoms with E-state index in [2.05, 4.69) is 5.32 Å². The summed E-state index contributed by atoms with van der Waals surface area (Å²) in [5.41, 5.74) is 3.93. The van der Waals surface area contributed by atoms with Crippen molar-refractivity contribution in [3.8, 4) is 11.1 Å². The quantitative estimate of drug-likeness (QED) is 0.864. The lowest BCUT2D eigenvalue weighted by Gasteiger charge is -2.11. The number of benzene rings is 2. The zero-order valence-electron chi connectivity index (χ0n) is 11.1. The van der Waals surface area contributed by atoms with E-state index in [1.165, 1.54) is 6.07 Å². The Morgan fingerprint density at radius 3 is 2.63 bits per heavy atom. The predicted molar refractivity (Wildman–Crippen MR) is 79.0 cm³/mol. The molecule has 0 heterocycles. The maximum absolute atomic E-state index is 13.5. The minimum atomic E-state index is -0.230. The molecule has 0 atom stereocenters. The molecule has 1 nitrogen and oxygen atoms in total. The van der Waals surface area contributed by atoms with Gasteiger partial charge >= 0.3 is 0 Å². The van der Waals surface area contributed by atoms with Crippen LogP contribution >= 0.6 is 11.6 Å². The van der Waals surface area contributed by atoms with E-state index in [4.69, 9.17) is 11.6 Å². The van der Waals surface area contributed by atoms with E-state index >= 15 is 0 Å². The van der Waals surface area contributed by atoms with Crippen molar-refractivity contribution in [2.24, 2.45) is 0 Å². The molecule has 0 fully saturated rings. The smallest absolute Gasteiger partial charge is 0.123 e. The van der Waals surface area contributed by atoms with Gasteiger partial charge in [0, 0.05) is 11.6 Å². The molecule has 19 heavy (non-hydrogen) atoms. The van der Waals surface area contributed by atoms with Crippen molar-refractivity contribution in [1.29, 1.82) is 0 Å². The van der Waals surface area contributed by atoms with Crippen molar-refractivity contribution in [3.05, 3.63) is 58.4 Å². The normalized spacial score (nSPS) is 10.7. The van der Waals surface area contributed by atoms with E-state index in [9.17, 15) is 4.39 Å². The monoisotopic (exact) mass is 277 g/mol. The molecule has 0 bridgehead atoms. The molecule has 2 aromatic carbocycles. The van der Waals surface area contributed by atoms with Crippen LogP contribution in [0, 0.1) is 12.7 Å². The predicted octanol–water partition coefficient (Wildman–Crippen LogP) is 4.56. The molecule has 0 unspecified atom stereocenters. The standard InChI is InChI=1S/C16H17ClFN/c1-3-19-10-13-6-7-14(18)9-15(13)12-5-4-11(2)16(17)8-12/h4-9,19H,3,10H2,1-2H3. The van der Waals surface area contributed by atoms with Gasteiger partial charge in [0.05, 0.1) is 0 Å². The van der Waals surface area contributed by atoms with Gasteiger partial charge in [-0.3, -0.25) is 0 Å². The fourth-order valence-electron chi connectivity index (χ4n) is 1.99. The van der Waals surface area contributed by atoms with Gasteiger partial charge < -0.3 is 5.32 Å². The highest BCUT2D eigenvalue weighted by atomic mass is 35.5. The zero-order valence-corrected chi connectivity index (χ0v) is 11.9. The van der Waals surface area contributed by atoms with Gasteiger partial charge in [0.15, 0.2) is 0 Å². The summed E-state index contributed by atoms with van der Waals surface area (Å²) < 4.78 is 13.5. The number of halogens is 2. The molecule has 0 aliphatic carbocycles. The Hall–Kier alpha value is -1.38. The van der Waals surface area contributed by atoms with Crippen molar-refractivity contribution in [3.63, 3.8) is 0 Å². The van der Waals surface area contributed by atoms with E-state index in [1.54, 1.807) is 6.07 Å². The first-order valence-corrected chi connectivity index (χ1v) is 6.75. The zero-order chi connectivity index (χ0) is 13.8. The van der Waals surface area contributed by atoms with Gasteiger partial charge in [-0.1, -0.05) is 36.7 Å². The van der Waals surface area contributed by atoms with Crippen LogP contribution < -0.4 is 5.32 Å². The molecule has 3 heteroatoms. The molecule has 0 aliphatic heterocycles. The van der Waals surface area contributed by atoms with Crippen LogP contribution in [0.15, 0.2) is 36.4 Å². The molecule has 0 aromatic heterocycles. The summed E-state index contributed by atoms with van der Waals surface area (Å²) in [6, 6.07) is 10.7. The summed E-state index contributed by atoms with van der Waals surface area (Å²) in [5.74, 6) is -0.230. The van der Waals surface area contributed by atoms with Crippen LogP contribution in [0.3, 0.4) is 0 Å². The SMILES string of the molecule is CCNCc1ccc(F)cc1-c1ccc(C)c(Cl)c1. The maximum Gasteiger partial charge on any atom is 0.123 e. The molecule has 0 spiro atoms. The molecule has 100 valence electrons. The summed E-state index contributed by atoms with van der Waals surface area (Å²) in [5, 5.41) is 3.97. The Morgan fingerprint density at radius 1 is 1.16 bits per heavy atom. The number of rotatable bonds is 4. The topological polar surface area (TPSA) is 12.0 Å². The van der Waals surface area contributed by atoms with Crippen molar-refractivity contribution < 1.29 is 4.39 Å². The van der Waals surface area contributed by atoms with Gasteiger partial charge in [0.25, 0.3) is 0 Å². The summed E-state index contributed by atoms with van der Waals surface area (Å²) in [4.78, 5) is 0. The van der Waals surface area contributed by atoms with Crippen LogP contribution in [0.2, 0.25) is 5.02 Å². The highest BCUT2D eigenvalue weighted by Gasteiger charge is 2.08. The lowest BCUT2D eigenvalue weighted by molar-refractivity contribution is 0.626. The maximum atomic E-state index is 13.5. The van der Waals surface area contributed by atoms with Gasteiger partial charge in [-0.25, -0.2) is 4.39 Å². The number of nitrogens with one attached hydrogen (secondary N) is 1. The molecule has 0 saturated heterocycles. The highest BCUT2D eigenvalue weighted by Crippen LogP contribution is 2.28. The molecule has 2 rings (SSSR count). The van der Waals surface area contributed by atoms with Crippen molar-refractivity contribution in [1.82, 2.24) is 5.32 Å². The Bertz CT molecular complexity index is 581. The lowest BCUT2D eigenvalue weighted by Crippen LogP contribution is -2.12. The van der Waals surface area contributed by atoms with Crippen LogP contribution in [-0.2, 0) is 6.54 Å². The second kappa shape index (κ2) is 6.18. The third-order valence-electron chi connectivity index (χ3n) is 3.12. The van der Waals surface area contributed by atoms with Gasteiger partial charge in [-0.05, 0) is 53.9 Å². The minimum Gasteiger partial charge on any atom is -0.313 e. The Kier molecular flexibility index (Phi) is 4.56. The Morgan fingerprint density at radius 2 is 1.95 bits per heavy atom. The van der Waals surface area contributed by atoms with Crippen molar-refractivity contribution >= 4 is 11.6 Å². The van der Waals surface area contributed by atoms with Crippen LogP contribution in [-0.4, -0.2) is 6.54 Å². The van der Waals surface area contributed by atoms with E-state index in [1.807, 2.05) is 38.1 Å². The van der Waals surface area contributed by atoms with E-state index < -0.39 is 0 Å². The number of hydrogen-bond donors (Lipinski definition) is 1. The van der Waals surface area contributed by atoms with Crippen LogP contribution in [0.4, 0.5) is 4.39 Å². The summed E-state index contributed by atoms with van der Waals surface area (Å²) in [7, 11) is 0. The minimum absolute atomic E-state index is 0.230. The third kappa shape index (κ3) is 3.34. The fourth-order valence-corrected chi connectivity index (χ4v) is 2.17. The highest BCUT2D eigenvalue weighted by molar-refractivity contribution is 6.31. The van der Waals surface area contributed by atoms with Crippen LogP contribution in [0.25, 0.3) is 11.1 Å². The van der Waals surface area contributed by atoms with Crippen LogP contribution in [0.5, 0.6) is 0 Å². The van der Waals surface area contributed by atoms with Crippen LogP contribution in [0.1, 0.15) is 18.1 Å². The molecule has 0 radical (unpaired) electrons. The molecular formula is C16H17ClFN. The first-order valence-electron chi connectivity index (χ1n) is 6.37. The van der Waals surface area contributed by atoms with Gasteiger partial charge in [-0.2, -0.15) is 0 Å². The second-order valence-electron chi connectivity index (χ2n) is 4.55. The average Bonchev–Trinajstić information content (AvgIpc) is 2.40. The van der Waals surface area contributed by atoms with Gasteiger partial charge in [0.2, 0.25) is 0 Å². The second-order valence-corrected chi connectivity index (χ2v) is 4.95. The molecule has 0 amide bonds. The molecule has 1 N–H and O–H groups in total. The first-order chi connectivity index (χ1) is 9.11. The molecule has 2 aromatic rings. The Labute approximate surface area is 118 Å². The first kappa shape index (κ1) is 14.0. The van der Waals surface area contributed by atoms with E-state index in [0.717, 1.165) is 35.3 Å². The number of hydrogen-bond acceptors (Lipinski definition) is 1. The third-order valence-corrected chi connectivity index (χ3v) is 3.53. The van der Waals surface area contributed by atoms with Gasteiger partial charge in [0.1, 0.15) is 5.82 Å². The lowest BCUT2D eigenvalue weighted by atomic mass is 9.98. The number of aryl methyl sites for hydroxylation is 1. The van der Waals surface area contributed by atoms with Crippen molar-refractivity contribution in [2.75, 3.05) is 6.54 Å².